The van der Waals surface area contributed by atoms with Gasteiger partial charge in [0, 0.05) is 11.8 Å². The van der Waals surface area contributed by atoms with E-state index in [-0.39, 0.29) is 5.69 Å². The van der Waals surface area contributed by atoms with Gasteiger partial charge in [-0.3, -0.25) is 10.1 Å². The summed E-state index contributed by atoms with van der Waals surface area (Å²) in [7, 11) is 3.20. The highest BCUT2D eigenvalue weighted by molar-refractivity contribution is 8.76. The summed E-state index contributed by atoms with van der Waals surface area (Å²) >= 11 is 0. The minimum atomic E-state index is -0.440. The highest BCUT2D eigenvalue weighted by atomic mass is 33.1. The summed E-state index contributed by atoms with van der Waals surface area (Å²) in [5, 5.41) is 11.3. The molecule has 1 aromatic carbocycles. The van der Waals surface area contributed by atoms with E-state index in [0.717, 1.165) is 10.8 Å². The van der Waals surface area contributed by atoms with Crippen LogP contribution in [0.3, 0.4) is 0 Å². The lowest BCUT2D eigenvalue weighted by Gasteiger charge is -2.06. The Morgan fingerprint density at radius 2 is 1.90 bits per heavy atom. The number of rotatable bonds is 6. The van der Waals surface area contributed by atoms with Crippen molar-refractivity contribution >= 4 is 27.3 Å². The number of nitro groups is 1. The van der Waals surface area contributed by atoms with Gasteiger partial charge >= 0.3 is 0 Å². The second kappa shape index (κ2) is 7.47. The Kier molecular flexibility index (Phi) is 5.64. The Hall–Kier alpha value is -1.53. The zero-order valence-corrected chi connectivity index (χ0v) is 13.5. The van der Waals surface area contributed by atoms with Gasteiger partial charge in [0.05, 0.1) is 4.92 Å². The van der Waals surface area contributed by atoms with E-state index >= 15 is 0 Å². The molecule has 0 saturated heterocycles. The van der Waals surface area contributed by atoms with Crippen LogP contribution < -0.4 is 0 Å². The molecule has 0 amide bonds. The highest BCUT2D eigenvalue weighted by Crippen LogP contribution is 2.33. The van der Waals surface area contributed by atoms with E-state index in [9.17, 15) is 10.1 Å². The summed E-state index contributed by atoms with van der Waals surface area (Å²) in [5.41, 5.74) is 2.63. The summed E-state index contributed by atoms with van der Waals surface area (Å²) in [4.78, 5) is 14.2. The molecular weight excluding hydrogens is 304 g/mol. The Morgan fingerprint density at radius 1 is 1.19 bits per heavy atom. The van der Waals surface area contributed by atoms with E-state index in [0.29, 0.717) is 5.92 Å². The van der Waals surface area contributed by atoms with Crippen LogP contribution in [0.15, 0.2) is 47.6 Å². The normalized spacial score (nSPS) is 10.8. The first-order valence-electron chi connectivity index (χ1n) is 6.55. The van der Waals surface area contributed by atoms with E-state index < -0.39 is 4.92 Å². The van der Waals surface area contributed by atoms with Crippen LogP contribution >= 0.6 is 21.6 Å². The van der Waals surface area contributed by atoms with Crippen molar-refractivity contribution in [2.24, 2.45) is 0 Å². The zero-order chi connectivity index (χ0) is 15.2. The summed E-state index contributed by atoms with van der Waals surface area (Å²) in [5.74, 6) is 1.42. The number of pyridine rings is 1. The van der Waals surface area contributed by atoms with Gasteiger partial charge in [0.1, 0.15) is 11.2 Å². The van der Waals surface area contributed by atoms with Crippen LogP contribution in [0.25, 0.3) is 0 Å². The number of nitrogens with zero attached hydrogens (tertiary/aromatic N) is 2. The molecule has 0 atom stereocenters. The van der Waals surface area contributed by atoms with Gasteiger partial charge < -0.3 is 0 Å². The van der Waals surface area contributed by atoms with Crippen LogP contribution in [-0.2, 0) is 5.75 Å². The molecule has 4 nitrogen and oxygen atoms in total. The van der Waals surface area contributed by atoms with Gasteiger partial charge in [-0.15, -0.1) is 0 Å². The van der Waals surface area contributed by atoms with Gasteiger partial charge in [-0.25, -0.2) is 4.98 Å². The number of aromatic nitrogens is 1. The van der Waals surface area contributed by atoms with E-state index in [1.54, 1.807) is 16.9 Å². The lowest BCUT2D eigenvalue weighted by Crippen LogP contribution is -1.89. The monoisotopic (exact) mass is 320 g/mol. The van der Waals surface area contributed by atoms with E-state index in [2.05, 4.69) is 43.1 Å². The third-order valence-electron chi connectivity index (χ3n) is 2.95. The van der Waals surface area contributed by atoms with Crippen molar-refractivity contribution < 1.29 is 4.92 Å². The summed E-state index contributed by atoms with van der Waals surface area (Å²) in [6.45, 7) is 4.36. The maximum absolute atomic E-state index is 10.5. The van der Waals surface area contributed by atoms with Crippen LogP contribution in [-0.4, -0.2) is 9.91 Å². The molecule has 0 radical (unpaired) electrons. The first kappa shape index (κ1) is 15.9. The number of benzene rings is 1. The average molecular weight is 320 g/mol. The predicted molar refractivity (Wildman–Crippen MR) is 88.6 cm³/mol. The molecule has 110 valence electrons. The SMILES string of the molecule is CC(C)c1ccc(CSSc2ccc([N+](=O)[O-])cn2)cc1. The first-order valence-corrected chi connectivity index (χ1v) is 8.87. The largest absolute Gasteiger partial charge is 0.287 e. The van der Waals surface area contributed by atoms with Gasteiger partial charge in [0.15, 0.2) is 0 Å². The summed E-state index contributed by atoms with van der Waals surface area (Å²) < 4.78 is 0. The molecular formula is C15H16N2O2S2. The Morgan fingerprint density at radius 3 is 2.43 bits per heavy atom. The molecule has 0 N–H and O–H groups in total. The van der Waals surface area contributed by atoms with E-state index in [4.69, 9.17) is 0 Å². The van der Waals surface area contributed by atoms with Crippen molar-refractivity contribution in [1.29, 1.82) is 0 Å². The fourth-order valence-electron chi connectivity index (χ4n) is 1.69. The fraction of sp³-hybridized carbons (Fsp3) is 0.267. The third kappa shape index (κ3) is 4.75. The Labute approximate surface area is 131 Å². The summed E-state index contributed by atoms with van der Waals surface area (Å²) in [6, 6.07) is 11.8. The van der Waals surface area contributed by atoms with Crippen LogP contribution in [0.2, 0.25) is 0 Å². The van der Waals surface area contributed by atoms with Gasteiger partial charge in [0.2, 0.25) is 0 Å². The lowest BCUT2D eigenvalue weighted by molar-refractivity contribution is -0.385. The lowest BCUT2D eigenvalue weighted by atomic mass is 10.0. The van der Waals surface area contributed by atoms with Crippen molar-refractivity contribution in [1.82, 2.24) is 4.98 Å². The second-order valence-electron chi connectivity index (χ2n) is 4.85. The molecule has 0 saturated carbocycles. The molecule has 0 aliphatic carbocycles. The topological polar surface area (TPSA) is 56.0 Å². The Bertz CT molecular complexity index is 598. The predicted octanol–water partition coefficient (Wildman–Crippen LogP) is 5.05. The smallest absolute Gasteiger partial charge is 0.258 e. The number of hydrogen-bond acceptors (Lipinski definition) is 5. The maximum atomic E-state index is 10.5. The molecule has 0 fully saturated rings. The standard InChI is InChI=1S/C15H16N2O2S2/c1-11(2)13-5-3-12(4-6-13)10-20-21-15-8-7-14(9-16-15)17(18)19/h3-9,11H,10H2,1-2H3. The zero-order valence-electron chi connectivity index (χ0n) is 11.9. The molecule has 0 spiro atoms. The van der Waals surface area contributed by atoms with Crippen molar-refractivity contribution in [3.05, 3.63) is 63.8 Å². The third-order valence-corrected chi connectivity index (χ3v) is 5.15. The minimum absolute atomic E-state index is 0.0219. The summed E-state index contributed by atoms with van der Waals surface area (Å²) in [6.07, 6.45) is 1.29. The molecule has 0 unspecified atom stereocenters. The van der Waals surface area contributed by atoms with Crippen molar-refractivity contribution in [3.8, 4) is 0 Å². The molecule has 0 aliphatic rings. The van der Waals surface area contributed by atoms with Crippen molar-refractivity contribution in [3.63, 3.8) is 0 Å². The second-order valence-corrected chi connectivity index (χ2v) is 7.17. The molecule has 2 rings (SSSR count). The number of hydrogen-bond donors (Lipinski definition) is 0. The molecule has 0 aliphatic heterocycles. The average Bonchev–Trinajstić information content (AvgIpc) is 2.48. The molecule has 2 aromatic rings. The van der Waals surface area contributed by atoms with Crippen LogP contribution in [0.4, 0.5) is 5.69 Å². The van der Waals surface area contributed by atoms with Crippen LogP contribution in [0.5, 0.6) is 0 Å². The van der Waals surface area contributed by atoms with Gasteiger partial charge in [-0.2, -0.15) is 0 Å². The molecule has 21 heavy (non-hydrogen) atoms. The highest BCUT2D eigenvalue weighted by Gasteiger charge is 2.06. The van der Waals surface area contributed by atoms with Crippen molar-refractivity contribution in [2.75, 3.05) is 0 Å². The fourth-order valence-corrected chi connectivity index (χ4v) is 3.66. The van der Waals surface area contributed by atoms with Gasteiger partial charge in [0.25, 0.3) is 5.69 Å². The van der Waals surface area contributed by atoms with Crippen molar-refractivity contribution in [2.45, 2.75) is 30.5 Å². The van der Waals surface area contributed by atoms with Gasteiger partial charge in [-0.05, 0) is 33.9 Å². The molecule has 6 heteroatoms. The molecule has 0 bridgehead atoms. The molecule has 1 heterocycles. The molecule has 1 aromatic heterocycles. The Balaban J connectivity index is 1.85. The minimum Gasteiger partial charge on any atom is -0.258 e. The van der Waals surface area contributed by atoms with Crippen LogP contribution in [0, 0.1) is 10.1 Å². The van der Waals surface area contributed by atoms with E-state index in [1.165, 1.54) is 34.2 Å². The van der Waals surface area contributed by atoms with Gasteiger partial charge in [-0.1, -0.05) is 48.9 Å². The van der Waals surface area contributed by atoms with Crippen LogP contribution in [0.1, 0.15) is 30.9 Å². The first-order chi connectivity index (χ1) is 10.1. The quantitative estimate of drug-likeness (QED) is 0.423. The maximum Gasteiger partial charge on any atom is 0.287 e. The van der Waals surface area contributed by atoms with E-state index in [1.807, 2.05) is 0 Å².